The Labute approximate surface area is 107 Å². The van der Waals surface area contributed by atoms with E-state index in [0.29, 0.717) is 0 Å². The van der Waals surface area contributed by atoms with E-state index in [1.807, 2.05) is 0 Å². The van der Waals surface area contributed by atoms with Crippen LogP contribution in [0.25, 0.3) is 0 Å². The first-order chi connectivity index (χ1) is 8.20. The van der Waals surface area contributed by atoms with Crippen LogP contribution in [0, 0.1) is 11.8 Å². The van der Waals surface area contributed by atoms with E-state index < -0.39 is 0 Å². The Morgan fingerprint density at radius 1 is 1.18 bits per heavy atom. The summed E-state index contributed by atoms with van der Waals surface area (Å²) in [7, 11) is 0. The summed E-state index contributed by atoms with van der Waals surface area (Å²) in [6, 6.07) is 1.61. The summed E-state index contributed by atoms with van der Waals surface area (Å²) in [6.07, 6.45) is 7.04. The van der Waals surface area contributed by atoms with Crippen LogP contribution in [0.2, 0.25) is 0 Å². The summed E-state index contributed by atoms with van der Waals surface area (Å²) in [5.74, 6) is 1.84. The van der Waals surface area contributed by atoms with Crippen molar-refractivity contribution < 1.29 is 0 Å². The molecule has 4 unspecified atom stereocenters. The predicted molar refractivity (Wildman–Crippen MR) is 74.2 cm³/mol. The molecule has 0 aromatic rings. The Morgan fingerprint density at radius 2 is 2.00 bits per heavy atom. The minimum absolute atomic E-state index is 0.765. The molecule has 1 aliphatic heterocycles. The zero-order valence-electron chi connectivity index (χ0n) is 11.9. The van der Waals surface area contributed by atoms with E-state index in [1.165, 1.54) is 51.7 Å². The standard InChI is InChI=1S/C15H30N2/c1-4-17(11-14-6-5-9-16-14)15-8-7-12(2)10-13(15)3/h12-16H,4-11H2,1-3H3. The lowest BCUT2D eigenvalue weighted by atomic mass is 9.79. The van der Waals surface area contributed by atoms with E-state index in [4.69, 9.17) is 0 Å². The Kier molecular flexibility index (Phi) is 4.87. The number of hydrogen-bond donors (Lipinski definition) is 1. The number of hydrogen-bond acceptors (Lipinski definition) is 2. The molecule has 0 amide bonds. The summed E-state index contributed by atoms with van der Waals surface area (Å²) in [5.41, 5.74) is 0. The van der Waals surface area contributed by atoms with Crippen LogP contribution in [0.15, 0.2) is 0 Å². The molecule has 4 atom stereocenters. The zero-order chi connectivity index (χ0) is 12.3. The molecule has 2 aliphatic rings. The van der Waals surface area contributed by atoms with E-state index in [2.05, 4.69) is 31.0 Å². The van der Waals surface area contributed by atoms with Gasteiger partial charge in [0.2, 0.25) is 0 Å². The highest BCUT2D eigenvalue weighted by atomic mass is 15.2. The molecule has 100 valence electrons. The van der Waals surface area contributed by atoms with Gasteiger partial charge in [-0.3, -0.25) is 4.90 Å². The molecule has 1 saturated heterocycles. The molecule has 0 aromatic carbocycles. The van der Waals surface area contributed by atoms with Crippen LogP contribution in [0.1, 0.15) is 52.9 Å². The molecule has 1 N–H and O–H groups in total. The van der Waals surface area contributed by atoms with E-state index in [-0.39, 0.29) is 0 Å². The molecule has 0 radical (unpaired) electrons. The molecule has 17 heavy (non-hydrogen) atoms. The summed E-state index contributed by atoms with van der Waals surface area (Å²) in [6.45, 7) is 11.0. The summed E-state index contributed by atoms with van der Waals surface area (Å²) in [5, 5.41) is 3.64. The largest absolute Gasteiger partial charge is 0.313 e. The van der Waals surface area contributed by atoms with Crippen molar-refractivity contribution in [2.45, 2.75) is 65.0 Å². The number of likely N-dealkylation sites (N-methyl/N-ethyl adjacent to an activating group) is 1. The van der Waals surface area contributed by atoms with Crippen molar-refractivity contribution in [1.82, 2.24) is 10.2 Å². The van der Waals surface area contributed by atoms with Crippen LogP contribution in [-0.4, -0.2) is 36.6 Å². The lowest BCUT2D eigenvalue weighted by molar-refractivity contribution is 0.0906. The third-order valence-electron chi connectivity index (χ3n) is 4.88. The van der Waals surface area contributed by atoms with Crippen LogP contribution in [0.5, 0.6) is 0 Å². The first-order valence-corrected chi connectivity index (χ1v) is 7.68. The zero-order valence-corrected chi connectivity index (χ0v) is 11.9. The minimum Gasteiger partial charge on any atom is -0.313 e. The molecular formula is C15H30N2. The average molecular weight is 238 g/mol. The topological polar surface area (TPSA) is 15.3 Å². The smallest absolute Gasteiger partial charge is 0.0195 e. The second-order valence-corrected chi connectivity index (χ2v) is 6.34. The lowest BCUT2D eigenvalue weighted by Crippen LogP contribution is -2.47. The van der Waals surface area contributed by atoms with Gasteiger partial charge in [0, 0.05) is 18.6 Å². The molecule has 1 heterocycles. The molecule has 0 spiro atoms. The van der Waals surface area contributed by atoms with Crippen molar-refractivity contribution in [3.05, 3.63) is 0 Å². The van der Waals surface area contributed by atoms with Gasteiger partial charge in [0.05, 0.1) is 0 Å². The second kappa shape index (κ2) is 6.19. The van der Waals surface area contributed by atoms with E-state index in [1.54, 1.807) is 0 Å². The van der Waals surface area contributed by atoms with Gasteiger partial charge >= 0.3 is 0 Å². The van der Waals surface area contributed by atoms with Crippen molar-refractivity contribution in [2.75, 3.05) is 19.6 Å². The second-order valence-electron chi connectivity index (χ2n) is 6.34. The van der Waals surface area contributed by atoms with Gasteiger partial charge in [-0.15, -0.1) is 0 Å². The molecule has 0 aromatic heterocycles. The van der Waals surface area contributed by atoms with Gasteiger partial charge < -0.3 is 5.32 Å². The normalized spacial score (nSPS) is 38.8. The van der Waals surface area contributed by atoms with Crippen molar-refractivity contribution >= 4 is 0 Å². The van der Waals surface area contributed by atoms with Gasteiger partial charge in [0.25, 0.3) is 0 Å². The highest BCUT2D eigenvalue weighted by molar-refractivity contribution is 4.86. The lowest BCUT2D eigenvalue weighted by Gasteiger charge is -2.41. The van der Waals surface area contributed by atoms with E-state index >= 15 is 0 Å². The maximum atomic E-state index is 3.64. The predicted octanol–water partition coefficient (Wildman–Crippen LogP) is 2.89. The quantitative estimate of drug-likeness (QED) is 0.810. The monoisotopic (exact) mass is 238 g/mol. The Morgan fingerprint density at radius 3 is 2.59 bits per heavy atom. The average Bonchev–Trinajstić information content (AvgIpc) is 2.79. The molecule has 2 nitrogen and oxygen atoms in total. The third kappa shape index (κ3) is 3.45. The van der Waals surface area contributed by atoms with Gasteiger partial charge in [-0.2, -0.15) is 0 Å². The van der Waals surface area contributed by atoms with Gasteiger partial charge in [0.15, 0.2) is 0 Å². The minimum atomic E-state index is 0.765. The van der Waals surface area contributed by atoms with E-state index in [0.717, 1.165) is 23.9 Å². The fraction of sp³-hybridized carbons (Fsp3) is 1.00. The fourth-order valence-electron chi connectivity index (χ4n) is 3.89. The summed E-state index contributed by atoms with van der Waals surface area (Å²) in [4.78, 5) is 2.75. The molecule has 1 aliphatic carbocycles. The molecule has 2 heteroatoms. The van der Waals surface area contributed by atoms with Gasteiger partial charge in [0.1, 0.15) is 0 Å². The van der Waals surface area contributed by atoms with Crippen LogP contribution >= 0.6 is 0 Å². The third-order valence-corrected chi connectivity index (χ3v) is 4.88. The van der Waals surface area contributed by atoms with Crippen LogP contribution < -0.4 is 5.32 Å². The van der Waals surface area contributed by atoms with Gasteiger partial charge in [-0.25, -0.2) is 0 Å². The number of nitrogens with zero attached hydrogens (tertiary/aromatic N) is 1. The Hall–Kier alpha value is -0.0800. The first kappa shape index (κ1) is 13.4. The molecule has 2 rings (SSSR count). The number of rotatable bonds is 4. The molecule has 0 bridgehead atoms. The SMILES string of the molecule is CCN(CC1CCCN1)C1CCC(C)CC1C. The highest BCUT2D eigenvalue weighted by Gasteiger charge is 2.30. The van der Waals surface area contributed by atoms with Crippen molar-refractivity contribution in [2.24, 2.45) is 11.8 Å². The summed E-state index contributed by atoms with van der Waals surface area (Å²) < 4.78 is 0. The Bertz CT molecular complexity index is 223. The van der Waals surface area contributed by atoms with Crippen molar-refractivity contribution in [1.29, 1.82) is 0 Å². The highest BCUT2D eigenvalue weighted by Crippen LogP contribution is 2.32. The number of nitrogens with one attached hydrogen (secondary N) is 1. The first-order valence-electron chi connectivity index (χ1n) is 7.68. The van der Waals surface area contributed by atoms with Crippen LogP contribution in [0.4, 0.5) is 0 Å². The van der Waals surface area contributed by atoms with E-state index in [9.17, 15) is 0 Å². The van der Waals surface area contributed by atoms with Gasteiger partial charge in [-0.05, 0) is 57.0 Å². The van der Waals surface area contributed by atoms with Crippen LogP contribution in [-0.2, 0) is 0 Å². The molecular weight excluding hydrogens is 208 g/mol. The fourth-order valence-corrected chi connectivity index (χ4v) is 3.89. The molecule has 2 fully saturated rings. The maximum absolute atomic E-state index is 3.64. The maximum Gasteiger partial charge on any atom is 0.0195 e. The Balaban J connectivity index is 1.87. The van der Waals surface area contributed by atoms with Crippen molar-refractivity contribution in [3.8, 4) is 0 Å². The molecule has 1 saturated carbocycles. The van der Waals surface area contributed by atoms with Crippen molar-refractivity contribution in [3.63, 3.8) is 0 Å². The van der Waals surface area contributed by atoms with Crippen LogP contribution in [0.3, 0.4) is 0 Å². The summed E-state index contributed by atoms with van der Waals surface area (Å²) >= 11 is 0. The van der Waals surface area contributed by atoms with Gasteiger partial charge in [-0.1, -0.05) is 20.8 Å².